The highest BCUT2D eigenvalue weighted by atomic mass is 19.1. The number of ether oxygens (including phenoxy) is 3. The van der Waals surface area contributed by atoms with Crippen LogP contribution in [0.3, 0.4) is 0 Å². The minimum atomic E-state index is -0.480. The molecule has 0 N–H and O–H groups in total. The molecule has 6 aliphatic carbocycles. The predicted octanol–water partition coefficient (Wildman–Crippen LogP) is 15.0. The van der Waals surface area contributed by atoms with Gasteiger partial charge < -0.3 is 14.2 Å². The van der Waals surface area contributed by atoms with Crippen molar-refractivity contribution in [1.82, 2.24) is 0 Å². The average molecular weight is 927 g/mol. The van der Waals surface area contributed by atoms with Gasteiger partial charge in [-0.05, 0) is 129 Å². The van der Waals surface area contributed by atoms with E-state index in [1.54, 1.807) is 36.4 Å². The molecule has 6 fully saturated rings. The average Bonchev–Trinajstić information content (AvgIpc) is 3.66. The smallest absolute Gasteiger partial charge is 0.171 e. The van der Waals surface area contributed by atoms with E-state index in [1.807, 2.05) is 60.7 Å². The molecule has 6 aliphatic rings. The number of carbonyl (C=O) groups is 3. The Morgan fingerprint density at radius 2 is 0.853 bits per heavy atom. The summed E-state index contributed by atoms with van der Waals surface area (Å²) < 4.78 is 59.2. The second-order valence-corrected chi connectivity index (χ2v) is 20.0. The van der Waals surface area contributed by atoms with Crippen LogP contribution >= 0.6 is 0 Å². The largest absolute Gasteiger partial charge is 0.497 e. The van der Waals surface area contributed by atoms with E-state index < -0.39 is 17.5 Å². The molecule has 5 aromatic carbocycles. The van der Waals surface area contributed by atoms with Crippen LogP contribution in [0.25, 0.3) is 0 Å². The maximum absolute atomic E-state index is 14.4. The second kappa shape index (κ2) is 23.1. The first-order chi connectivity index (χ1) is 33.1. The summed E-state index contributed by atoms with van der Waals surface area (Å²) in [5.41, 5.74) is 2.44. The number of carbonyl (C=O) groups excluding carboxylic acids is 3. The lowest BCUT2D eigenvalue weighted by molar-refractivity contribution is -0.0355. The molecule has 4 bridgehead atoms. The molecule has 9 heteroatoms. The molecule has 68 heavy (non-hydrogen) atoms. The summed E-state index contributed by atoms with van der Waals surface area (Å²) >= 11 is 0. The van der Waals surface area contributed by atoms with Gasteiger partial charge in [0.2, 0.25) is 0 Å². The molecule has 0 unspecified atom stereocenters. The van der Waals surface area contributed by atoms with Crippen molar-refractivity contribution in [3.63, 3.8) is 0 Å². The maximum Gasteiger partial charge on any atom is 0.171 e. The monoisotopic (exact) mass is 926 g/mol. The number of methoxy groups -OCH3 is 1. The number of halogens is 3. The molecule has 0 radical (unpaired) electrons. The van der Waals surface area contributed by atoms with Crippen LogP contribution in [0.2, 0.25) is 0 Å². The van der Waals surface area contributed by atoms with Gasteiger partial charge in [-0.2, -0.15) is 0 Å². The molecule has 0 heterocycles. The molecule has 5 aromatic rings. The van der Waals surface area contributed by atoms with Gasteiger partial charge in [-0.1, -0.05) is 106 Å². The molecular weight excluding hydrogens is 862 g/mol. The Bertz CT molecular complexity index is 2440. The molecule has 0 amide bonds. The number of hydrogen-bond acceptors (Lipinski definition) is 6. The van der Waals surface area contributed by atoms with E-state index >= 15 is 0 Å². The zero-order valence-corrected chi connectivity index (χ0v) is 39.4. The first kappa shape index (κ1) is 48.7. The van der Waals surface area contributed by atoms with Crippen LogP contribution in [-0.4, -0.2) is 24.5 Å². The Kier molecular flexibility index (Phi) is 16.5. The number of rotatable bonds is 13. The van der Waals surface area contributed by atoms with E-state index in [9.17, 15) is 27.6 Å². The molecule has 0 atom stereocenters. The number of Topliss-reactive ketones (excluding diaryl/α,β-unsaturated/α-hetero) is 3. The van der Waals surface area contributed by atoms with E-state index in [1.165, 1.54) is 63.8 Å². The highest BCUT2D eigenvalue weighted by Crippen LogP contribution is 2.61. The van der Waals surface area contributed by atoms with Crippen molar-refractivity contribution in [3.8, 4) is 17.2 Å². The Hall–Kier alpha value is -5.70. The molecular formula is C59H65F3O6. The van der Waals surface area contributed by atoms with Crippen molar-refractivity contribution in [3.05, 3.63) is 161 Å². The summed E-state index contributed by atoms with van der Waals surface area (Å²) in [6.07, 6.45) is 18.1. The summed E-state index contributed by atoms with van der Waals surface area (Å²) in [5, 5.41) is 0. The van der Waals surface area contributed by atoms with Gasteiger partial charge in [0.25, 0.3) is 0 Å². The number of ketones is 3. The summed E-state index contributed by atoms with van der Waals surface area (Å²) in [4.78, 5) is 38.1. The Labute approximate surface area is 400 Å². The fraction of sp³-hybridized carbons (Fsp3) is 0.441. The van der Waals surface area contributed by atoms with Crippen LogP contribution in [0.4, 0.5) is 13.2 Å². The lowest BCUT2D eigenvalue weighted by Crippen LogP contribution is -2.50. The van der Waals surface area contributed by atoms with Gasteiger partial charge in [-0.25, -0.2) is 13.2 Å². The lowest BCUT2D eigenvalue weighted by atomic mass is 9.48. The third kappa shape index (κ3) is 12.3. The Morgan fingerprint density at radius 1 is 0.485 bits per heavy atom. The molecule has 6 saturated carbocycles. The lowest BCUT2D eigenvalue weighted by Gasteiger charge is -2.55. The van der Waals surface area contributed by atoms with Crippen LogP contribution in [0.15, 0.2) is 115 Å². The summed E-state index contributed by atoms with van der Waals surface area (Å²) in [5.74, 6) is 1.95. The fourth-order valence-electron chi connectivity index (χ4n) is 11.9. The van der Waals surface area contributed by atoms with E-state index in [2.05, 4.69) is 0 Å². The maximum atomic E-state index is 14.4. The van der Waals surface area contributed by atoms with Crippen LogP contribution < -0.4 is 14.2 Å². The zero-order chi connectivity index (χ0) is 47.5. The summed E-state index contributed by atoms with van der Waals surface area (Å²) in [6.45, 7) is 0.770. The first-order valence-electron chi connectivity index (χ1n) is 25.0. The van der Waals surface area contributed by atoms with Gasteiger partial charge >= 0.3 is 0 Å². The first-order valence-corrected chi connectivity index (χ1v) is 25.0. The van der Waals surface area contributed by atoms with Crippen LogP contribution in [0, 0.1) is 52.5 Å². The normalized spacial score (nSPS) is 22.1. The second-order valence-electron chi connectivity index (χ2n) is 20.0. The van der Waals surface area contributed by atoms with Crippen molar-refractivity contribution in [2.24, 2.45) is 35.0 Å². The van der Waals surface area contributed by atoms with Crippen molar-refractivity contribution < 1.29 is 41.8 Å². The minimum Gasteiger partial charge on any atom is -0.497 e. The third-order valence-electron chi connectivity index (χ3n) is 15.1. The van der Waals surface area contributed by atoms with Gasteiger partial charge in [0.15, 0.2) is 17.3 Å². The predicted molar refractivity (Wildman–Crippen MR) is 259 cm³/mol. The molecule has 0 spiro atoms. The van der Waals surface area contributed by atoms with Gasteiger partial charge in [-0.3, -0.25) is 14.4 Å². The van der Waals surface area contributed by atoms with Crippen molar-refractivity contribution in [1.29, 1.82) is 0 Å². The van der Waals surface area contributed by atoms with Gasteiger partial charge in [0, 0.05) is 35.4 Å². The fourth-order valence-corrected chi connectivity index (χ4v) is 11.9. The molecule has 11 rings (SSSR count). The molecule has 0 aromatic heterocycles. The highest BCUT2D eigenvalue weighted by Gasteiger charge is 2.54. The summed E-state index contributed by atoms with van der Waals surface area (Å²) in [7, 11) is 1.51. The summed E-state index contributed by atoms with van der Waals surface area (Å²) in [6, 6.07) is 33.2. The van der Waals surface area contributed by atoms with E-state index in [0.29, 0.717) is 48.2 Å². The Morgan fingerprint density at radius 3 is 1.25 bits per heavy atom. The van der Waals surface area contributed by atoms with Crippen molar-refractivity contribution in [2.75, 3.05) is 7.11 Å². The van der Waals surface area contributed by atoms with Gasteiger partial charge in [0.05, 0.1) is 23.8 Å². The van der Waals surface area contributed by atoms with Crippen LogP contribution in [-0.2, 0) is 13.2 Å². The topological polar surface area (TPSA) is 78.9 Å². The molecule has 0 aliphatic heterocycles. The van der Waals surface area contributed by atoms with Gasteiger partial charge in [0.1, 0.15) is 47.9 Å². The highest BCUT2D eigenvalue weighted by molar-refractivity contribution is 6.01. The van der Waals surface area contributed by atoms with Crippen LogP contribution in [0.1, 0.15) is 151 Å². The van der Waals surface area contributed by atoms with Crippen LogP contribution in [0.5, 0.6) is 17.2 Å². The van der Waals surface area contributed by atoms with E-state index in [4.69, 9.17) is 14.2 Å². The molecule has 358 valence electrons. The van der Waals surface area contributed by atoms with E-state index in [-0.39, 0.29) is 51.3 Å². The molecule has 6 nitrogen and oxygen atoms in total. The SMILES string of the molecule is COc1ccc(C(=O)C23CC4CC(CC(C4)C2)C3)c(F)c1.O=C(c1ccc(OCc2ccccc2)cc1F)C1CCCCC1.O=C(c1ccc(OCc2ccccc2)cc1F)C1CCCCCC1. The quantitative estimate of drug-likeness (QED) is 0.0864. The molecule has 0 saturated heterocycles. The number of benzene rings is 5. The number of hydrogen-bond donors (Lipinski definition) is 0. The van der Waals surface area contributed by atoms with Gasteiger partial charge in [-0.15, -0.1) is 0 Å². The van der Waals surface area contributed by atoms with Crippen molar-refractivity contribution in [2.45, 2.75) is 122 Å². The third-order valence-corrected chi connectivity index (χ3v) is 15.1. The minimum absolute atomic E-state index is 0.0191. The van der Waals surface area contributed by atoms with E-state index in [0.717, 1.165) is 81.8 Å². The Balaban J connectivity index is 0.000000138. The standard InChI is InChI=1S/C21H23FO2.C20H21FO2.C18H21FO2/c22-20-14-18(24-15-16-8-4-3-5-9-16)12-13-19(20)21(23)17-10-6-1-2-7-11-17;21-19-13-17(23-14-15-7-3-1-4-8-15)11-12-18(19)20(22)16-9-5-2-6-10-16;1-21-14-2-3-15(16(19)7-14)17(20)18-8-11-4-12(9-18)6-13(5-11)10-18/h3-5,8-9,12-14,17H,1-2,6-7,10-11,15H2;1,3-4,7-8,11-13,16H,2,5-6,9-10,14H2;2-3,7,11-13H,4-6,8-10H2,1H3. The van der Waals surface area contributed by atoms with Crippen molar-refractivity contribution >= 4 is 17.3 Å². The zero-order valence-electron chi connectivity index (χ0n) is 39.4.